The average molecular weight is 522 g/mol. The zero-order valence-electron chi connectivity index (χ0n) is 17.5. The maximum atomic E-state index is 6.03. The van der Waals surface area contributed by atoms with Gasteiger partial charge in [0.1, 0.15) is 6.61 Å². The summed E-state index contributed by atoms with van der Waals surface area (Å²) in [4.78, 5) is 2.43. The van der Waals surface area contributed by atoms with Crippen molar-refractivity contribution in [2.45, 2.75) is 20.1 Å². The van der Waals surface area contributed by atoms with Crippen molar-refractivity contribution in [1.82, 2.24) is 10.2 Å². The highest BCUT2D eigenvalue weighted by Gasteiger charge is 2.13. The Morgan fingerprint density at radius 1 is 1.07 bits per heavy atom. The van der Waals surface area contributed by atoms with Crippen LogP contribution < -0.4 is 14.8 Å². The van der Waals surface area contributed by atoms with E-state index in [9.17, 15) is 0 Å². The highest BCUT2D eigenvalue weighted by molar-refractivity contribution is 9.10. The maximum Gasteiger partial charge on any atom is 0.175 e. The van der Waals surface area contributed by atoms with Crippen LogP contribution in [0.15, 0.2) is 40.9 Å². The van der Waals surface area contributed by atoms with Gasteiger partial charge in [0.25, 0.3) is 0 Å². The molecule has 0 unspecified atom stereocenters. The summed E-state index contributed by atoms with van der Waals surface area (Å²) < 4.78 is 17.9. The van der Waals surface area contributed by atoms with Crippen LogP contribution in [0.2, 0.25) is 0 Å². The minimum absolute atomic E-state index is 0. The predicted octanol–water partition coefficient (Wildman–Crippen LogP) is 4.61. The summed E-state index contributed by atoms with van der Waals surface area (Å²) in [5, 5.41) is 3.51. The van der Waals surface area contributed by atoms with Crippen molar-refractivity contribution in [1.29, 1.82) is 0 Å². The smallest absolute Gasteiger partial charge is 0.175 e. The first-order valence-electron chi connectivity index (χ1n) is 9.71. The molecule has 2 aromatic carbocycles. The molecule has 1 aliphatic rings. The van der Waals surface area contributed by atoms with Crippen LogP contribution in [0.4, 0.5) is 0 Å². The van der Waals surface area contributed by atoms with Crippen LogP contribution in [0.3, 0.4) is 0 Å². The molecule has 1 heterocycles. The highest BCUT2D eigenvalue weighted by atomic mass is 79.9. The Morgan fingerprint density at radius 3 is 2.43 bits per heavy atom. The van der Waals surface area contributed by atoms with Gasteiger partial charge in [-0.3, -0.25) is 4.90 Å². The molecule has 1 saturated heterocycles. The van der Waals surface area contributed by atoms with E-state index in [0.29, 0.717) is 6.61 Å². The Labute approximate surface area is 200 Å². The monoisotopic (exact) mass is 520 g/mol. The van der Waals surface area contributed by atoms with E-state index in [4.69, 9.17) is 14.2 Å². The normalized spacial score (nSPS) is 13.8. The molecule has 0 spiro atoms. The molecule has 1 aliphatic heterocycles. The van der Waals surface area contributed by atoms with Gasteiger partial charge in [0.2, 0.25) is 0 Å². The molecule has 0 aromatic heterocycles. The molecular formula is C22H31BrCl2N2O3. The number of ether oxygens (including phenoxy) is 3. The number of hydrogen-bond donors (Lipinski definition) is 1. The van der Waals surface area contributed by atoms with Crippen molar-refractivity contribution in [3.63, 3.8) is 0 Å². The molecule has 2 aromatic rings. The van der Waals surface area contributed by atoms with Crippen LogP contribution in [-0.2, 0) is 17.9 Å². The Bertz CT molecular complexity index is 757. The quantitative estimate of drug-likeness (QED) is 0.488. The third-order valence-corrected chi connectivity index (χ3v) is 5.42. The predicted molar refractivity (Wildman–Crippen MR) is 130 cm³/mol. The number of aryl methyl sites for hydroxylation is 1. The molecule has 8 heteroatoms. The number of benzene rings is 2. The Hall–Kier alpha value is -1.02. The molecule has 1 fully saturated rings. The van der Waals surface area contributed by atoms with Crippen molar-refractivity contribution >= 4 is 40.7 Å². The molecule has 0 aliphatic carbocycles. The largest absolute Gasteiger partial charge is 0.493 e. The first-order valence-corrected chi connectivity index (χ1v) is 10.5. The number of halogens is 3. The lowest BCUT2D eigenvalue weighted by molar-refractivity contribution is 0.0384. The second-order valence-electron chi connectivity index (χ2n) is 7.01. The van der Waals surface area contributed by atoms with Gasteiger partial charge in [0.05, 0.1) is 24.8 Å². The maximum absolute atomic E-state index is 6.03. The van der Waals surface area contributed by atoms with E-state index in [1.54, 1.807) is 7.11 Å². The fourth-order valence-electron chi connectivity index (χ4n) is 3.15. The van der Waals surface area contributed by atoms with E-state index in [0.717, 1.165) is 73.0 Å². The molecule has 0 radical (unpaired) electrons. The molecule has 30 heavy (non-hydrogen) atoms. The lowest BCUT2D eigenvalue weighted by atomic mass is 10.1. The molecule has 3 rings (SSSR count). The van der Waals surface area contributed by atoms with Gasteiger partial charge in [-0.25, -0.2) is 0 Å². The van der Waals surface area contributed by atoms with Crippen LogP contribution in [0, 0.1) is 6.92 Å². The SMILES string of the molecule is COc1cc(CNCCN2CCOCC2)cc(Br)c1OCc1ccc(C)cc1.Cl.Cl. The van der Waals surface area contributed by atoms with Gasteiger partial charge in [-0.2, -0.15) is 0 Å². The molecule has 1 N–H and O–H groups in total. The van der Waals surface area contributed by atoms with Gasteiger partial charge < -0.3 is 19.5 Å². The Kier molecular flexibility index (Phi) is 12.7. The fourth-order valence-corrected chi connectivity index (χ4v) is 3.75. The van der Waals surface area contributed by atoms with Crippen LogP contribution in [0.5, 0.6) is 11.5 Å². The summed E-state index contributed by atoms with van der Waals surface area (Å²) in [6.45, 7) is 9.09. The molecule has 168 valence electrons. The number of nitrogens with zero attached hydrogens (tertiary/aromatic N) is 1. The number of nitrogens with one attached hydrogen (secondary N) is 1. The number of methoxy groups -OCH3 is 1. The summed E-state index contributed by atoms with van der Waals surface area (Å²) in [6, 6.07) is 12.5. The summed E-state index contributed by atoms with van der Waals surface area (Å²) >= 11 is 3.64. The minimum atomic E-state index is 0. The molecular weight excluding hydrogens is 491 g/mol. The van der Waals surface area contributed by atoms with E-state index < -0.39 is 0 Å². The van der Waals surface area contributed by atoms with E-state index in [1.165, 1.54) is 5.56 Å². The molecule has 5 nitrogen and oxygen atoms in total. The summed E-state index contributed by atoms with van der Waals surface area (Å²) in [5.41, 5.74) is 3.54. The van der Waals surface area contributed by atoms with Gasteiger partial charge in [-0.1, -0.05) is 29.8 Å². The number of hydrogen-bond acceptors (Lipinski definition) is 5. The van der Waals surface area contributed by atoms with Crippen LogP contribution in [-0.4, -0.2) is 51.4 Å². The standard InChI is InChI=1S/C22H29BrN2O3.2ClH/c1-17-3-5-18(6-4-17)16-28-22-20(23)13-19(14-21(22)26-2)15-24-7-8-25-9-11-27-12-10-25;;/h3-6,13-14,24H,7-12,15-16H2,1-2H3;2*1H. The Morgan fingerprint density at radius 2 is 1.77 bits per heavy atom. The van der Waals surface area contributed by atoms with Crippen molar-refractivity contribution < 1.29 is 14.2 Å². The third-order valence-electron chi connectivity index (χ3n) is 4.83. The topological polar surface area (TPSA) is 43.0 Å². The van der Waals surface area contributed by atoms with Gasteiger partial charge in [0.15, 0.2) is 11.5 Å². The van der Waals surface area contributed by atoms with Gasteiger partial charge in [-0.15, -0.1) is 24.8 Å². The van der Waals surface area contributed by atoms with E-state index in [-0.39, 0.29) is 24.8 Å². The number of morpholine rings is 1. The second kappa shape index (κ2) is 14.1. The highest BCUT2D eigenvalue weighted by Crippen LogP contribution is 2.37. The summed E-state index contributed by atoms with van der Waals surface area (Å²) in [6.07, 6.45) is 0. The molecule has 0 bridgehead atoms. The molecule has 0 atom stereocenters. The van der Waals surface area contributed by atoms with E-state index in [2.05, 4.69) is 63.4 Å². The molecule has 0 amide bonds. The first kappa shape index (κ1) is 27.0. The van der Waals surface area contributed by atoms with Crippen molar-refractivity contribution in [3.8, 4) is 11.5 Å². The first-order chi connectivity index (χ1) is 13.7. The zero-order chi connectivity index (χ0) is 19.8. The second-order valence-corrected chi connectivity index (χ2v) is 7.87. The van der Waals surface area contributed by atoms with Crippen molar-refractivity contribution in [2.24, 2.45) is 0 Å². The van der Waals surface area contributed by atoms with E-state index >= 15 is 0 Å². The van der Waals surface area contributed by atoms with E-state index in [1.807, 2.05) is 6.07 Å². The van der Waals surface area contributed by atoms with Gasteiger partial charge >= 0.3 is 0 Å². The lowest BCUT2D eigenvalue weighted by Gasteiger charge is -2.26. The van der Waals surface area contributed by atoms with Crippen molar-refractivity contribution in [2.75, 3.05) is 46.5 Å². The minimum Gasteiger partial charge on any atom is -0.493 e. The molecule has 0 saturated carbocycles. The average Bonchev–Trinajstić information content (AvgIpc) is 2.72. The Balaban J connectivity index is 0.00000225. The van der Waals surface area contributed by atoms with Crippen molar-refractivity contribution in [3.05, 3.63) is 57.6 Å². The van der Waals surface area contributed by atoms with Gasteiger partial charge in [-0.05, 0) is 46.1 Å². The number of rotatable bonds is 9. The summed E-state index contributed by atoms with van der Waals surface area (Å²) in [7, 11) is 1.68. The van der Waals surface area contributed by atoms with Crippen LogP contribution >= 0.6 is 40.7 Å². The van der Waals surface area contributed by atoms with Gasteiger partial charge in [0, 0.05) is 32.7 Å². The zero-order valence-corrected chi connectivity index (χ0v) is 20.7. The van der Waals surface area contributed by atoms with Crippen LogP contribution in [0.25, 0.3) is 0 Å². The lowest BCUT2D eigenvalue weighted by Crippen LogP contribution is -2.40. The summed E-state index contributed by atoms with van der Waals surface area (Å²) in [5.74, 6) is 1.48. The fraction of sp³-hybridized carbons (Fsp3) is 0.455. The third kappa shape index (κ3) is 8.25. The van der Waals surface area contributed by atoms with Crippen LogP contribution in [0.1, 0.15) is 16.7 Å².